The van der Waals surface area contributed by atoms with Crippen LogP contribution in [-0.4, -0.2) is 44.0 Å². The first-order chi connectivity index (χ1) is 8.67. The molecule has 0 aliphatic carbocycles. The van der Waals surface area contributed by atoms with Crippen molar-refractivity contribution in [3.63, 3.8) is 0 Å². The van der Waals surface area contributed by atoms with Crippen molar-refractivity contribution < 1.29 is 0 Å². The van der Waals surface area contributed by atoms with E-state index >= 15 is 0 Å². The molecule has 2 nitrogen and oxygen atoms in total. The summed E-state index contributed by atoms with van der Waals surface area (Å²) in [7, 11) is 12.6. The summed E-state index contributed by atoms with van der Waals surface area (Å²) in [5.41, 5.74) is 2.34. The van der Waals surface area contributed by atoms with Crippen LogP contribution in [0.4, 0.5) is 0 Å². The van der Waals surface area contributed by atoms with Crippen molar-refractivity contribution in [2.45, 2.75) is 24.6 Å². The molecule has 3 rings (SSSR count). The Labute approximate surface area is 111 Å². The van der Waals surface area contributed by atoms with Gasteiger partial charge in [0.2, 0.25) is 0 Å². The molecular weight excluding hydrogens is 218 g/mol. The van der Waals surface area contributed by atoms with Gasteiger partial charge in [-0.05, 0) is 49.3 Å². The van der Waals surface area contributed by atoms with Crippen molar-refractivity contribution in [3.8, 4) is 0 Å². The first-order valence-electron chi connectivity index (χ1n) is 6.55. The van der Waals surface area contributed by atoms with E-state index in [0.29, 0.717) is 6.42 Å². The molecule has 0 amide bonds. The Balaban J connectivity index is 1.87. The lowest BCUT2D eigenvalue weighted by molar-refractivity contribution is 0.275. The molecule has 18 heavy (non-hydrogen) atoms. The number of nitrogens with one attached hydrogen (secondary N) is 1. The van der Waals surface area contributed by atoms with Crippen LogP contribution in [0.5, 0.6) is 0 Å². The lowest BCUT2D eigenvalue weighted by Gasteiger charge is -2.36. The molecule has 1 aliphatic rings. The van der Waals surface area contributed by atoms with E-state index in [9.17, 15) is 0 Å². The van der Waals surface area contributed by atoms with Gasteiger partial charge in [0.1, 0.15) is 0 Å². The number of nitrogens with zero attached hydrogens (tertiary/aromatic N) is 1. The second-order valence-corrected chi connectivity index (χ2v) is 5.22. The number of para-hydroxylation sites is 1. The van der Waals surface area contributed by atoms with Gasteiger partial charge in [0, 0.05) is 17.1 Å². The normalized spacial score (nSPS) is 17.6. The maximum atomic E-state index is 6.29. The topological polar surface area (TPSA) is 19.0 Å². The number of fused-ring (bicyclic) bond motifs is 1. The van der Waals surface area contributed by atoms with Gasteiger partial charge in [-0.15, -0.1) is 0 Å². The molecule has 4 radical (unpaired) electrons. The molecule has 4 heteroatoms. The molecule has 2 heterocycles. The minimum Gasteiger partial charge on any atom is -0.361 e. The van der Waals surface area contributed by atoms with Gasteiger partial charge in [-0.1, -0.05) is 18.2 Å². The average molecular weight is 234 g/mol. The fraction of sp³-hybridized carbons (Fsp3) is 0.429. The summed E-state index contributed by atoms with van der Waals surface area (Å²) in [5, 5.41) is 0.485. The van der Waals surface area contributed by atoms with Crippen LogP contribution >= 0.6 is 0 Å². The van der Waals surface area contributed by atoms with E-state index < -0.39 is 5.34 Å². The van der Waals surface area contributed by atoms with Crippen molar-refractivity contribution >= 4 is 26.6 Å². The summed E-state index contributed by atoms with van der Waals surface area (Å²) in [6.45, 7) is 2.02. The van der Waals surface area contributed by atoms with E-state index in [4.69, 9.17) is 15.7 Å². The van der Waals surface area contributed by atoms with E-state index in [0.717, 1.165) is 18.6 Å². The van der Waals surface area contributed by atoms with Gasteiger partial charge in [0.15, 0.2) is 0 Å². The monoisotopic (exact) mass is 234 g/mol. The van der Waals surface area contributed by atoms with E-state index in [1.807, 2.05) is 18.3 Å². The summed E-state index contributed by atoms with van der Waals surface area (Å²) in [4.78, 5) is 5.46. The highest BCUT2D eigenvalue weighted by Gasteiger charge is 2.28. The van der Waals surface area contributed by atoms with Crippen LogP contribution in [0.15, 0.2) is 30.5 Å². The van der Waals surface area contributed by atoms with Gasteiger partial charge in [0.25, 0.3) is 0 Å². The molecular formula is C14H16B2N2. The zero-order valence-electron chi connectivity index (χ0n) is 10.5. The molecule has 1 saturated heterocycles. The second kappa shape index (κ2) is 4.51. The molecule has 1 N–H and O–H groups in total. The minimum absolute atomic E-state index is 0.678. The Kier molecular flexibility index (Phi) is 2.98. The van der Waals surface area contributed by atoms with Gasteiger partial charge < -0.3 is 9.88 Å². The van der Waals surface area contributed by atoms with Crippen LogP contribution in [0.25, 0.3) is 10.9 Å². The summed E-state index contributed by atoms with van der Waals surface area (Å²) in [6.07, 6.45) is 5.10. The quantitative estimate of drug-likeness (QED) is 0.802. The average Bonchev–Trinajstić information content (AvgIpc) is 2.99. The number of benzene rings is 1. The van der Waals surface area contributed by atoms with Crippen molar-refractivity contribution in [2.24, 2.45) is 0 Å². The second-order valence-electron chi connectivity index (χ2n) is 5.22. The van der Waals surface area contributed by atoms with E-state index in [2.05, 4.69) is 22.0 Å². The number of aromatic nitrogens is 1. The summed E-state index contributed by atoms with van der Waals surface area (Å²) >= 11 is 0. The molecule has 0 bridgehead atoms. The van der Waals surface area contributed by atoms with Gasteiger partial charge in [-0.25, -0.2) is 0 Å². The first kappa shape index (κ1) is 11.9. The lowest BCUT2D eigenvalue weighted by Crippen LogP contribution is -2.50. The smallest absolute Gasteiger partial charge is 0.0828 e. The van der Waals surface area contributed by atoms with Crippen LogP contribution in [0.2, 0.25) is 0 Å². The van der Waals surface area contributed by atoms with Crippen molar-refractivity contribution in [2.75, 3.05) is 13.1 Å². The Morgan fingerprint density at radius 1 is 1.17 bits per heavy atom. The zero-order valence-corrected chi connectivity index (χ0v) is 10.5. The molecule has 1 aliphatic heterocycles. The largest absolute Gasteiger partial charge is 0.361 e. The standard InChI is InChI=1S/C14H16B2N2/c15-14(16,18-7-3-4-8-18)9-11-10-17-13-6-2-1-5-12(11)13/h1-2,5-6,10,17H,3-4,7-9H2. The Morgan fingerprint density at radius 2 is 1.89 bits per heavy atom. The van der Waals surface area contributed by atoms with Gasteiger partial charge in [-0.2, -0.15) is 0 Å². The van der Waals surface area contributed by atoms with E-state index in [1.165, 1.54) is 23.8 Å². The fourth-order valence-corrected chi connectivity index (χ4v) is 2.83. The number of hydrogen-bond acceptors (Lipinski definition) is 1. The van der Waals surface area contributed by atoms with Gasteiger partial charge in [0.05, 0.1) is 15.7 Å². The summed E-state index contributed by atoms with van der Waals surface area (Å²) in [6, 6.07) is 8.26. The summed E-state index contributed by atoms with van der Waals surface area (Å²) < 4.78 is 0. The Hall–Kier alpha value is -1.15. The van der Waals surface area contributed by atoms with Crippen LogP contribution in [0, 0.1) is 0 Å². The van der Waals surface area contributed by atoms with Crippen molar-refractivity contribution in [1.82, 2.24) is 9.88 Å². The predicted octanol–water partition coefficient (Wildman–Crippen LogP) is 1.80. The summed E-state index contributed by atoms with van der Waals surface area (Å²) in [5.74, 6) is 0. The number of H-pyrrole nitrogens is 1. The Morgan fingerprint density at radius 3 is 2.67 bits per heavy atom. The number of likely N-dealkylation sites (tertiary alicyclic amines) is 1. The highest BCUT2D eigenvalue weighted by molar-refractivity contribution is 6.40. The molecule has 2 aromatic rings. The van der Waals surface area contributed by atoms with Crippen LogP contribution < -0.4 is 0 Å². The third kappa shape index (κ3) is 2.10. The van der Waals surface area contributed by atoms with Crippen LogP contribution in [0.1, 0.15) is 18.4 Å². The molecule has 1 aromatic heterocycles. The van der Waals surface area contributed by atoms with Gasteiger partial charge in [-0.3, -0.25) is 0 Å². The van der Waals surface area contributed by atoms with Crippen LogP contribution in [0.3, 0.4) is 0 Å². The van der Waals surface area contributed by atoms with E-state index in [-0.39, 0.29) is 0 Å². The van der Waals surface area contributed by atoms with Crippen molar-refractivity contribution in [1.29, 1.82) is 0 Å². The predicted molar refractivity (Wildman–Crippen MR) is 77.0 cm³/mol. The molecule has 0 unspecified atom stereocenters. The minimum atomic E-state index is -0.735. The van der Waals surface area contributed by atoms with Gasteiger partial charge >= 0.3 is 0 Å². The third-order valence-corrected chi connectivity index (χ3v) is 3.84. The lowest BCUT2D eigenvalue weighted by atomic mass is 9.58. The maximum Gasteiger partial charge on any atom is 0.0828 e. The number of hydrogen-bond donors (Lipinski definition) is 1. The molecule has 88 valence electrons. The van der Waals surface area contributed by atoms with E-state index in [1.54, 1.807) is 0 Å². The maximum absolute atomic E-state index is 6.29. The highest BCUT2D eigenvalue weighted by atomic mass is 15.2. The Bertz CT molecular complexity index is 541. The first-order valence-corrected chi connectivity index (χ1v) is 6.55. The van der Waals surface area contributed by atoms with Crippen molar-refractivity contribution in [3.05, 3.63) is 36.0 Å². The molecule has 0 atom stereocenters. The molecule has 0 saturated carbocycles. The number of rotatable bonds is 3. The fourth-order valence-electron chi connectivity index (χ4n) is 2.83. The molecule has 1 fully saturated rings. The SMILES string of the molecule is [B]C([B])(Cc1c[nH]c2ccccc12)N1CCCC1. The van der Waals surface area contributed by atoms with Crippen LogP contribution in [-0.2, 0) is 6.42 Å². The molecule has 0 spiro atoms. The third-order valence-electron chi connectivity index (χ3n) is 3.84. The molecule has 1 aromatic carbocycles. The number of aromatic amines is 1. The zero-order chi connectivity index (χ0) is 12.6. The highest BCUT2D eigenvalue weighted by Crippen LogP contribution is 2.25.